The van der Waals surface area contributed by atoms with Crippen molar-refractivity contribution in [2.45, 2.75) is 64.3 Å². The Balaban J connectivity index is 1.68. The number of piperidine rings is 1. The highest BCUT2D eigenvalue weighted by molar-refractivity contribution is 6.62. The summed E-state index contributed by atoms with van der Waals surface area (Å²) < 4.78 is 64.6. The zero-order chi connectivity index (χ0) is 21.6. The number of amides is 1. The first kappa shape index (κ1) is 22.1. The van der Waals surface area contributed by atoms with Crippen LogP contribution in [0.15, 0.2) is 18.2 Å². The molecule has 0 radical (unpaired) electrons. The molecule has 2 aliphatic rings. The van der Waals surface area contributed by atoms with E-state index in [4.69, 9.17) is 9.31 Å². The van der Waals surface area contributed by atoms with Crippen LogP contribution in [0.5, 0.6) is 0 Å². The Labute approximate surface area is 168 Å². The Kier molecular flexibility index (Phi) is 5.77. The molecule has 29 heavy (non-hydrogen) atoms. The van der Waals surface area contributed by atoms with Crippen molar-refractivity contribution >= 4 is 18.5 Å². The third-order valence-corrected chi connectivity index (χ3v) is 6.25. The normalized spacial score (nSPS) is 22.2. The van der Waals surface area contributed by atoms with Crippen LogP contribution in [-0.4, -0.2) is 48.4 Å². The summed E-state index contributed by atoms with van der Waals surface area (Å²) in [5, 5.41) is 0. The van der Waals surface area contributed by atoms with Crippen molar-refractivity contribution in [1.82, 2.24) is 4.90 Å². The molecule has 0 atom stereocenters. The number of alkyl halides is 3. The molecule has 1 aromatic rings. The molecule has 3 rings (SSSR count). The van der Waals surface area contributed by atoms with Crippen molar-refractivity contribution in [2.75, 3.05) is 13.1 Å². The highest BCUT2D eigenvalue weighted by Crippen LogP contribution is 2.37. The number of halogens is 4. The average Bonchev–Trinajstić information content (AvgIpc) is 2.83. The zero-order valence-electron chi connectivity index (χ0n) is 17.1. The van der Waals surface area contributed by atoms with E-state index >= 15 is 0 Å². The molecule has 4 nitrogen and oxygen atoms in total. The van der Waals surface area contributed by atoms with Crippen LogP contribution in [0.1, 0.15) is 46.1 Å². The van der Waals surface area contributed by atoms with E-state index in [0.717, 1.165) is 0 Å². The molecule has 0 unspecified atom stereocenters. The molecule has 160 valence electrons. The van der Waals surface area contributed by atoms with Gasteiger partial charge in [0.15, 0.2) is 0 Å². The van der Waals surface area contributed by atoms with Gasteiger partial charge < -0.3 is 14.2 Å². The molecule has 2 saturated heterocycles. The Morgan fingerprint density at radius 1 is 1.14 bits per heavy atom. The molecule has 2 heterocycles. The third-order valence-electron chi connectivity index (χ3n) is 6.25. The van der Waals surface area contributed by atoms with Gasteiger partial charge in [0.25, 0.3) is 0 Å². The molecule has 0 spiro atoms. The fourth-order valence-corrected chi connectivity index (χ4v) is 3.59. The van der Waals surface area contributed by atoms with E-state index in [-0.39, 0.29) is 43.8 Å². The molecule has 2 aliphatic heterocycles. The quantitative estimate of drug-likeness (QED) is 0.561. The summed E-state index contributed by atoms with van der Waals surface area (Å²) in [6.07, 6.45) is -4.69. The number of nitrogens with zero attached hydrogens (tertiary/aromatic N) is 1. The highest BCUT2D eigenvalue weighted by Gasteiger charge is 2.51. The van der Waals surface area contributed by atoms with E-state index < -0.39 is 36.2 Å². The fraction of sp³-hybridized carbons (Fsp3) is 0.650. The minimum absolute atomic E-state index is 0.0293. The topological polar surface area (TPSA) is 38.8 Å². The summed E-state index contributed by atoms with van der Waals surface area (Å²) in [7, 11) is -0.683. The van der Waals surface area contributed by atoms with E-state index in [2.05, 4.69) is 0 Å². The van der Waals surface area contributed by atoms with E-state index in [0.29, 0.717) is 5.46 Å². The first-order chi connectivity index (χ1) is 13.3. The summed E-state index contributed by atoms with van der Waals surface area (Å²) in [6.45, 7) is 7.69. The maximum atomic E-state index is 14.3. The largest absolute Gasteiger partial charge is 0.494 e. The highest BCUT2D eigenvalue weighted by atomic mass is 19.4. The number of carbonyl (C=O) groups is 1. The molecule has 0 bridgehead atoms. The van der Waals surface area contributed by atoms with Crippen LogP contribution in [0.25, 0.3) is 0 Å². The maximum absolute atomic E-state index is 14.3. The molecule has 0 aliphatic carbocycles. The van der Waals surface area contributed by atoms with E-state index in [1.165, 1.54) is 17.0 Å². The van der Waals surface area contributed by atoms with Gasteiger partial charge in [0, 0.05) is 13.1 Å². The van der Waals surface area contributed by atoms with Crippen molar-refractivity contribution in [2.24, 2.45) is 5.92 Å². The van der Waals surface area contributed by atoms with E-state index in [9.17, 15) is 22.4 Å². The molecule has 2 fully saturated rings. The van der Waals surface area contributed by atoms with Crippen molar-refractivity contribution in [3.63, 3.8) is 0 Å². The van der Waals surface area contributed by atoms with E-state index in [1.807, 2.05) is 27.7 Å². The second-order valence-corrected chi connectivity index (χ2v) is 8.81. The predicted molar refractivity (Wildman–Crippen MR) is 101 cm³/mol. The first-order valence-electron chi connectivity index (χ1n) is 9.78. The lowest BCUT2D eigenvalue weighted by molar-refractivity contribution is -0.186. The molecule has 0 saturated carbocycles. The number of hydrogen-bond donors (Lipinski definition) is 0. The van der Waals surface area contributed by atoms with Gasteiger partial charge in [0.2, 0.25) is 5.91 Å². The Hall–Kier alpha value is -1.61. The van der Waals surface area contributed by atoms with Crippen molar-refractivity contribution < 1.29 is 31.7 Å². The monoisotopic (exact) mass is 415 g/mol. The number of hydrogen-bond acceptors (Lipinski definition) is 3. The summed E-state index contributed by atoms with van der Waals surface area (Å²) in [4.78, 5) is 13.9. The average molecular weight is 415 g/mol. The van der Waals surface area contributed by atoms with Crippen LogP contribution in [0.2, 0.25) is 0 Å². The van der Waals surface area contributed by atoms with Gasteiger partial charge in [-0.25, -0.2) is 4.39 Å². The molecule has 0 aromatic heterocycles. The maximum Gasteiger partial charge on any atom is 0.494 e. The second kappa shape index (κ2) is 7.58. The summed E-state index contributed by atoms with van der Waals surface area (Å²) in [5.74, 6) is -2.30. The first-order valence-corrected chi connectivity index (χ1v) is 9.78. The van der Waals surface area contributed by atoms with Crippen LogP contribution in [0.3, 0.4) is 0 Å². The lowest BCUT2D eigenvalue weighted by atomic mass is 9.78. The summed E-state index contributed by atoms with van der Waals surface area (Å²) in [5.41, 5.74) is -0.320. The second-order valence-electron chi connectivity index (χ2n) is 8.81. The predicted octanol–water partition coefficient (Wildman–Crippen LogP) is 3.47. The van der Waals surface area contributed by atoms with Gasteiger partial charge in [-0.3, -0.25) is 4.79 Å². The third kappa shape index (κ3) is 4.61. The zero-order valence-corrected chi connectivity index (χ0v) is 17.1. The van der Waals surface area contributed by atoms with Gasteiger partial charge in [-0.1, -0.05) is 12.1 Å². The number of carbonyl (C=O) groups excluding carboxylic acids is 1. The lowest BCUT2D eigenvalue weighted by Gasteiger charge is -2.33. The minimum Gasteiger partial charge on any atom is -0.399 e. The van der Waals surface area contributed by atoms with Gasteiger partial charge >= 0.3 is 13.3 Å². The van der Waals surface area contributed by atoms with Crippen molar-refractivity contribution in [1.29, 1.82) is 0 Å². The van der Waals surface area contributed by atoms with Gasteiger partial charge in [-0.05, 0) is 57.6 Å². The Morgan fingerprint density at radius 2 is 1.69 bits per heavy atom. The molecular formula is C20H26BF4NO3. The molecular weight excluding hydrogens is 389 g/mol. The Morgan fingerprint density at radius 3 is 2.21 bits per heavy atom. The van der Waals surface area contributed by atoms with Crippen LogP contribution >= 0.6 is 0 Å². The number of benzene rings is 1. The van der Waals surface area contributed by atoms with Gasteiger partial charge in [-0.2, -0.15) is 13.2 Å². The van der Waals surface area contributed by atoms with Crippen LogP contribution in [0, 0.1) is 11.7 Å². The van der Waals surface area contributed by atoms with Crippen LogP contribution in [0.4, 0.5) is 17.6 Å². The SMILES string of the molecule is CC1(C)OB(c2ccc(F)c(CC(=O)N3CCC(C(F)(F)F)CC3)c2)OC1(C)C. The van der Waals surface area contributed by atoms with Crippen LogP contribution in [-0.2, 0) is 20.5 Å². The summed E-state index contributed by atoms with van der Waals surface area (Å²) in [6, 6.07) is 4.36. The van der Waals surface area contributed by atoms with Crippen molar-refractivity contribution in [3.8, 4) is 0 Å². The lowest BCUT2D eigenvalue weighted by Crippen LogP contribution is -2.43. The standard InChI is InChI=1S/C20H26BF4NO3/c1-18(2)19(3,4)29-21(28-18)15-5-6-16(22)13(11-15)12-17(27)26-9-7-14(8-10-26)20(23,24)25/h5-6,11,14H,7-10,12H2,1-4H3. The Bertz CT molecular complexity index is 757. The fourth-order valence-electron chi connectivity index (χ4n) is 3.59. The summed E-state index contributed by atoms with van der Waals surface area (Å²) >= 11 is 0. The smallest absolute Gasteiger partial charge is 0.399 e. The minimum atomic E-state index is -4.24. The number of rotatable bonds is 3. The van der Waals surface area contributed by atoms with Crippen molar-refractivity contribution in [3.05, 3.63) is 29.6 Å². The molecule has 9 heteroatoms. The molecule has 0 N–H and O–H groups in total. The van der Waals surface area contributed by atoms with Gasteiger partial charge in [-0.15, -0.1) is 0 Å². The van der Waals surface area contributed by atoms with Crippen LogP contribution < -0.4 is 5.46 Å². The molecule has 1 amide bonds. The van der Waals surface area contributed by atoms with Gasteiger partial charge in [0.1, 0.15) is 5.82 Å². The van der Waals surface area contributed by atoms with E-state index in [1.54, 1.807) is 6.07 Å². The van der Waals surface area contributed by atoms with Gasteiger partial charge in [0.05, 0.1) is 23.5 Å². The molecule has 1 aromatic carbocycles. The number of likely N-dealkylation sites (tertiary alicyclic amines) is 1.